The van der Waals surface area contributed by atoms with E-state index in [9.17, 15) is 14.7 Å². The zero-order chi connectivity index (χ0) is 22.7. The minimum absolute atomic E-state index is 0.0975. The number of benzene rings is 3. The second kappa shape index (κ2) is 9.10. The van der Waals surface area contributed by atoms with Crippen LogP contribution in [0.5, 0.6) is 5.75 Å². The van der Waals surface area contributed by atoms with Crippen molar-refractivity contribution in [2.24, 2.45) is 0 Å². The molecule has 3 aromatic rings. The molecular weight excluding hydrogens is 402 g/mol. The van der Waals surface area contributed by atoms with Gasteiger partial charge in [0.25, 0.3) is 11.7 Å². The molecule has 1 amide bonds. The molecule has 0 bridgehead atoms. The van der Waals surface area contributed by atoms with Gasteiger partial charge in [-0.05, 0) is 47.4 Å². The van der Waals surface area contributed by atoms with Gasteiger partial charge in [-0.25, -0.2) is 0 Å². The lowest BCUT2D eigenvalue weighted by atomic mass is 9.94. The number of ether oxygens (including phenoxy) is 1. The SMILES string of the molecule is CCc1ccc(C2C(=C(O)c3ccc(OC)cc3)C(=O)C(=O)N2Cc2ccccc2)cc1. The molecule has 1 saturated heterocycles. The first-order valence-corrected chi connectivity index (χ1v) is 10.6. The summed E-state index contributed by atoms with van der Waals surface area (Å²) in [5.41, 5.74) is 3.41. The van der Waals surface area contributed by atoms with Crippen LogP contribution < -0.4 is 4.74 Å². The Morgan fingerprint density at radius 1 is 0.906 bits per heavy atom. The standard InChI is InChI=1S/C27H25NO4/c1-3-18-9-11-20(12-10-18)24-23(25(29)21-13-15-22(32-2)16-14-21)26(30)27(31)28(24)17-19-7-5-4-6-8-19/h4-16,24,29H,3,17H2,1-2H3. The third-order valence-corrected chi connectivity index (χ3v) is 5.80. The van der Waals surface area contributed by atoms with E-state index in [1.165, 1.54) is 4.90 Å². The van der Waals surface area contributed by atoms with Gasteiger partial charge in [0.15, 0.2) is 0 Å². The highest BCUT2D eigenvalue weighted by Crippen LogP contribution is 2.40. The number of ketones is 1. The molecule has 1 atom stereocenters. The Morgan fingerprint density at radius 2 is 1.56 bits per heavy atom. The van der Waals surface area contributed by atoms with E-state index in [1.54, 1.807) is 31.4 Å². The first-order chi connectivity index (χ1) is 15.5. The molecule has 0 saturated carbocycles. The second-order valence-electron chi connectivity index (χ2n) is 7.74. The summed E-state index contributed by atoms with van der Waals surface area (Å²) in [6, 6.07) is 23.5. The van der Waals surface area contributed by atoms with Crippen molar-refractivity contribution in [3.63, 3.8) is 0 Å². The normalized spacial score (nSPS) is 17.6. The molecule has 1 aliphatic rings. The molecule has 5 nitrogen and oxygen atoms in total. The molecule has 5 heteroatoms. The van der Waals surface area contributed by atoms with Crippen LogP contribution in [0, 0.1) is 0 Å². The first-order valence-electron chi connectivity index (χ1n) is 10.6. The molecular formula is C27H25NO4. The molecule has 1 fully saturated rings. The van der Waals surface area contributed by atoms with E-state index in [4.69, 9.17) is 4.74 Å². The number of carbonyl (C=O) groups is 2. The maximum Gasteiger partial charge on any atom is 0.295 e. The van der Waals surface area contributed by atoms with Gasteiger partial charge < -0.3 is 14.7 Å². The predicted molar refractivity (Wildman–Crippen MR) is 123 cm³/mol. The number of aliphatic hydroxyl groups is 1. The van der Waals surface area contributed by atoms with Crippen molar-refractivity contribution in [1.82, 2.24) is 4.90 Å². The van der Waals surface area contributed by atoms with Crippen molar-refractivity contribution in [3.05, 3.63) is 107 Å². The number of hydrogen-bond acceptors (Lipinski definition) is 4. The van der Waals surface area contributed by atoms with E-state index in [0.29, 0.717) is 11.3 Å². The van der Waals surface area contributed by atoms with Gasteiger partial charge in [-0.15, -0.1) is 0 Å². The van der Waals surface area contributed by atoms with Crippen LogP contribution in [-0.4, -0.2) is 28.8 Å². The van der Waals surface area contributed by atoms with E-state index < -0.39 is 17.7 Å². The van der Waals surface area contributed by atoms with E-state index in [0.717, 1.165) is 23.1 Å². The minimum Gasteiger partial charge on any atom is -0.507 e. The molecule has 1 N–H and O–H groups in total. The van der Waals surface area contributed by atoms with Crippen molar-refractivity contribution in [1.29, 1.82) is 0 Å². The Bertz CT molecular complexity index is 1150. The van der Waals surface area contributed by atoms with Crippen LogP contribution >= 0.6 is 0 Å². The highest BCUT2D eigenvalue weighted by molar-refractivity contribution is 6.46. The highest BCUT2D eigenvalue weighted by Gasteiger charge is 2.46. The van der Waals surface area contributed by atoms with Gasteiger partial charge in [0.1, 0.15) is 11.5 Å². The zero-order valence-corrected chi connectivity index (χ0v) is 18.1. The van der Waals surface area contributed by atoms with Crippen molar-refractivity contribution >= 4 is 17.4 Å². The van der Waals surface area contributed by atoms with Crippen molar-refractivity contribution in [2.45, 2.75) is 25.9 Å². The summed E-state index contributed by atoms with van der Waals surface area (Å²) in [6.45, 7) is 2.34. The molecule has 0 aliphatic carbocycles. The monoisotopic (exact) mass is 427 g/mol. The van der Waals surface area contributed by atoms with Crippen molar-refractivity contribution in [3.8, 4) is 5.75 Å². The van der Waals surface area contributed by atoms with Crippen molar-refractivity contribution in [2.75, 3.05) is 7.11 Å². The molecule has 32 heavy (non-hydrogen) atoms. The smallest absolute Gasteiger partial charge is 0.295 e. The van der Waals surface area contributed by atoms with Crippen LogP contribution in [-0.2, 0) is 22.6 Å². The fourth-order valence-corrected chi connectivity index (χ4v) is 4.01. The predicted octanol–water partition coefficient (Wildman–Crippen LogP) is 4.88. The van der Waals surface area contributed by atoms with Crippen LogP contribution in [0.2, 0.25) is 0 Å². The molecule has 0 radical (unpaired) electrons. The number of carbonyl (C=O) groups excluding carboxylic acids is 2. The molecule has 0 aromatic heterocycles. The zero-order valence-electron chi connectivity index (χ0n) is 18.1. The molecule has 1 unspecified atom stereocenters. The third-order valence-electron chi connectivity index (χ3n) is 5.80. The Balaban J connectivity index is 1.83. The number of methoxy groups -OCH3 is 1. The second-order valence-corrected chi connectivity index (χ2v) is 7.74. The largest absolute Gasteiger partial charge is 0.507 e. The summed E-state index contributed by atoms with van der Waals surface area (Å²) in [4.78, 5) is 27.7. The van der Waals surface area contributed by atoms with E-state index in [-0.39, 0.29) is 17.9 Å². The maximum absolute atomic E-state index is 13.1. The number of likely N-dealkylation sites (tertiary alicyclic amines) is 1. The van der Waals surface area contributed by atoms with Gasteiger partial charge in [-0.3, -0.25) is 9.59 Å². The molecule has 3 aromatic carbocycles. The number of rotatable bonds is 6. The average molecular weight is 428 g/mol. The minimum atomic E-state index is -0.682. The number of nitrogens with zero attached hydrogens (tertiary/aromatic N) is 1. The number of Topliss-reactive ketones (excluding diaryl/α,β-unsaturated/α-hetero) is 1. The van der Waals surface area contributed by atoms with Crippen LogP contribution in [0.25, 0.3) is 5.76 Å². The molecule has 1 aliphatic heterocycles. The third kappa shape index (κ3) is 4.02. The summed E-state index contributed by atoms with van der Waals surface area (Å²) < 4.78 is 5.18. The molecule has 162 valence electrons. The summed E-state index contributed by atoms with van der Waals surface area (Å²) in [6.07, 6.45) is 0.885. The van der Waals surface area contributed by atoms with Crippen LogP contribution in [0.1, 0.15) is 35.2 Å². The van der Waals surface area contributed by atoms with E-state index >= 15 is 0 Å². The first kappa shape index (κ1) is 21.4. The number of hydrogen-bond donors (Lipinski definition) is 1. The lowest BCUT2D eigenvalue weighted by Gasteiger charge is -2.25. The maximum atomic E-state index is 13.1. The fraction of sp³-hybridized carbons (Fsp3) is 0.185. The lowest BCUT2D eigenvalue weighted by Crippen LogP contribution is -2.29. The lowest BCUT2D eigenvalue weighted by molar-refractivity contribution is -0.140. The summed E-state index contributed by atoms with van der Waals surface area (Å²) in [5, 5.41) is 11.1. The van der Waals surface area contributed by atoms with Crippen LogP contribution in [0.3, 0.4) is 0 Å². The summed E-state index contributed by atoms with van der Waals surface area (Å²) >= 11 is 0. The van der Waals surface area contributed by atoms with Crippen molar-refractivity contribution < 1.29 is 19.4 Å². The van der Waals surface area contributed by atoms with Crippen LogP contribution in [0.15, 0.2) is 84.4 Å². The van der Waals surface area contributed by atoms with Gasteiger partial charge >= 0.3 is 0 Å². The van der Waals surface area contributed by atoms with Gasteiger partial charge in [-0.2, -0.15) is 0 Å². The van der Waals surface area contributed by atoms with Crippen LogP contribution in [0.4, 0.5) is 0 Å². The average Bonchev–Trinajstić information content (AvgIpc) is 3.09. The number of aryl methyl sites for hydroxylation is 1. The van der Waals surface area contributed by atoms with E-state index in [1.807, 2.05) is 54.6 Å². The Labute approximate surface area is 187 Å². The topological polar surface area (TPSA) is 66.8 Å². The number of aliphatic hydroxyl groups excluding tert-OH is 1. The summed E-state index contributed by atoms with van der Waals surface area (Å²) in [7, 11) is 1.56. The quantitative estimate of drug-likeness (QED) is 0.346. The highest BCUT2D eigenvalue weighted by atomic mass is 16.5. The Hall–Kier alpha value is -3.86. The number of amides is 1. The van der Waals surface area contributed by atoms with Gasteiger partial charge in [-0.1, -0.05) is 61.5 Å². The fourth-order valence-electron chi connectivity index (χ4n) is 4.01. The Kier molecular flexibility index (Phi) is 6.08. The van der Waals surface area contributed by atoms with Gasteiger partial charge in [0.05, 0.1) is 18.7 Å². The van der Waals surface area contributed by atoms with E-state index in [2.05, 4.69) is 6.92 Å². The summed E-state index contributed by atoms with van der Waals surface area (Å²) in [5.74, 6) is -0.851. The Morgan fingerprint density at radius 3 is 2.16 bits per heavy atom. The van der Waals surface area contributed by atoms with Gasteiger partial charge in [0, 0.05) is 12.1 Å². The molecule has 4 rings (SSSR count). The molecule has 1 heterocycles. The van der Waals surface area contributed by atoms with Gasteiger partial charge in [0.2, 0.25) is 0 Å². The molecule has 0 spiro atoms.